The maximum Gasteiger partial charge on any atom is 0.265 e. The SMILES string of the molecule is Cc1ccccc1NC(=O)c1ccc(-c2ccccc2F)s1. The van der Waals surface area contributed by atoms with Crippen LogP contribution in [0.3, 0.4) is 0 Å². The number of anilines is 1. The second-order valence-corrected chi connectivity index (χ2v) is 6.00. The summed E-state index contributed by atoms with van der Waals surface area (Å²) in [6.07, 6.45) is 0. The average molecular weight is 311 g/mol. The van der Waals surface area contributed by atoms with Gasteiger partial charge in [0.05, 0.1) is 4.88 Å². The number of aryl methyl sites for hydroxylation is 1. The highest BCUT2D eigenvalue weighted by Crippen LogP contribution is 2.30. The number of thiophene rings is 1. The predicted octanol–water partition coefficient (Wildman–Crippen LogP) is 5.11. The number of benzene rings is 2. The Balaban J connectivity index is 1.84. The number of halogens is 1. The largest absolute Gasteiger partial charge is 0.321 e. The minimum atomic E-state index is -0.282. The molecule has 0 atom stereocenters. The third kappa shape index (κ3) is 2.92. The van der Waals surface area contributed by atoms with Crippen molar-refractivity contribution < 1.29 is 9.18 Å². The van der Waals surface area contributed by atoms with Crippen LogP contribution >= 0.6 is 11.3 Å². The van der Waals surface area contributed by atoms with Crippen LogP contribution in [0.15, 0.2) is 60.7 Å². The number of para-hydroxylation sites is 1. The Morgan fingerprint density at radius 3 is 2.50 bits per heavy atom. The van der Waals surface area contributed by atoms with E-state index in [1.165, 1.54) is 17.4 Å². The molecule has 1 amide bonds. The van der Waals surface area contributed by atoms with Crippen molar-refractivity contribution in [2.45, 2.75) is 6.92 Å². The van der Waals surface area contributed by atoms with Crippen LogP contribution in [0.4, 0.5) is 10.1 Å². The lowest BCUT2D eigenvalue weighted by atomic mass is 10.2. The molecule has 2 aromatic carbocycles. The highest BCUT2D eigenvalue weighted by Gasteiger charge is 2.13. The van der Waals surface area contributed by atoms with Gasteiger partial charge in [-0.1, -0.05) is 36.4 Å². The van der Waals surface area contributed by atoms with Crippen molar-refractivity contribution in [2.75, 3.05) is 5.32 Å². The number of rotatable bonds is 3. The fourth-order valence-electron chi connectivity index (χ4n) is 2.16. The maximum absolute atomic E-state index is 13.8. The van der Waals surface area contributed by atoms with Gasteiger partial charge in [0.25, 0.3) is 5.91 Å². The molecule has 0 aliphatic carbocycles. The molecule has 3 rings (SSSR count). The van der Waals surface area contributed by atoms with Crippen LogP contribution in [-0.2, 0) is 0 Å². The number of carbonyl (C=O) groups excluding carboxylic acids is 1. The molecular formula is C18H14FNOS. The molecule has 0 aliphatic heterocycles. The summed E-state index contributed by atoms with van der Waals surface area (Å²) in [4.78, 5) is 13.6. The lowest BCUT2D eigenvalue weighted by Gasteiger charge is -2.06. The van der Waals surface area contributed by atoms with Gasteiger partial charge in [-0.2, -0.15) is 0 Å². The van der Waals surface area contributed by atoms with E-state index in [0.717, 1.165) is 16.1 Å². The van der Waals surface area contributed by atoms with Crippen LogP contribution in [-0.4, -0.2) is 5.91 Å². The Morgan fingerprint density at radius 1 is 1.00 bits per heavy atom. The molecule has 1 N–H and O–H groups in total. The van der Waals surface area contributed by atoms with Crippen LogP contribution in [0.2, 0.25) is 0 Å². The molecule has 0 bridgehead atoms. The lowest BCUT2D eigenvalue weighted by Crippen LogP contribution is -2.10. The minimum absolute atomic E-state index is 0.179. The Labute approximate surface area is 132 Å². The first kappa shape index (κ1) is 14.5. The summed E-state index contributed by atoms with van der Waals surface area (Å²) in [7, 11) is 0. The molecule has 1 aromatic heterocycles. The zero-order valence-electron chi connectivity index (χ0n) is 12.0. The fraction of sp³-hybridized carbons (Fsp3) is 0.0556. The van der Waals surface area contributed by atoms with Crippen molar-refractivity contribution in [1.29, 1.82) is 0 Å². The second-order valence-electron chi connectivity index (χ2n) is 4.91. The van der Waals surface area contributed by atoms with Crippen LogP contribution in [0, 0.1) is 12.7 Å². The van der Waals surface area contributed by atoms with Gasteiger partial charge in [0.15, 0.2) is 0 Å². The molecule has 4 heteroatoms. The van der Waals surface area contributed by atoms with E-state index in [-0.39, 0.29) is 11.7 Å². The monoisotopic (exact) mass is 311 g/mol. The molecule has 0 saturated heterocycles. The van der Waals surface area contributed by atoms with Gasteiger partial charge < -0.3 is 5.32 Å². The zero-order chi connectivity index (χ0) is 15.5. The number of nitrogens with one attached hydrogen (secondary N) is 1. The Hall–Kier alpha value is -2.46. The van der Waals surface area contributed by atoms with Crippen LogP contribution in [0.1, 0.15) is 15.2 Å². The average Bonchev–Trinajstić information content (AvgIpc) is 3.00. The molecule has 0 unspecified atom stereocenters. The van der Waals surface area contributed by atoms with Gasteiger partial charge in [0.1, 0.15) is 5.82 Å². The zero-order valence-corrected chi connectivity index (χ0v) is 12.8. The van der Waals surface area contributed by atoms with E-state index in [0.29, 0.717) is 10.4 Å². The van der Waals surface area contributed by atoms with Gasteiger partial charge in [-0.25, -0.2) is 4.39 Å². The lowest BCUT2D eigenvalue weighted by molar-refractivity contribution is 0.103. The molecule has 3 aromatic rings. The van der Waals surface area contributed by atoms with E-state index >= 15 is 0 Å². The summed E-state index contributed by atoms with van der Waals surface area (Å²) >= 11 is 1.28. The number of carbonyl (C=O) groups is 1. The van der Waals surface area contributed by atoms with Gasteiger partial charge in [-0.3, -0.25) is 4.79 Å². The van der Waals surface area contributed by atoms with E-state index < -0.39 is 0 Å². The molecule has 0 fully saturated rings. The first-order chi connectivity index (χ1) is 10.6. The summed E-state index contributed by atoms with van der Waals surface area (Å²) in [6.45, 7) is 1.94. The molecule has 0 aliphatic rings. The van der Waals surface area contributed by atoms with Crippen LogP contribution < -0.4 is 5.32 Å². The van der Waals surface area contributed by atoms with Crippen molar-refractivity contribution in [1.82, 2.24) is 0 Å². The first-order valence-corrected chi connectivity index (χ1v) is 7.68. The highest BCUT2D eigenvalue weighted by molar-refractivity contribution is 7.17. The van der Waals surface area contributed by atoms with Gasteiger partial charge >= 0.3 is 0 Å². The van der Waals surface area contributed by atoms with E-state index in [2.05, 4.69) is 5.32 Å². The fourth-order valence-corrected chi connectivity index (χ4v) is 3.09. The highest BCUT2D eigenvalue weighted by atomic mass is 32.1. The third-order valence-electron chi connectivity index (χ3n) is 3.36. The van der Waals surface area contributed by atoms with Crippen molar-refractivity contribution >= 4 is 22.9 Å². The second kappa shape index (κ2) is 6.12. The van der Waals surface area contributed by atoms with Gasteiger partial charge in [0.2, 0.25) is 0 Å². The Kier molecular flexibility index (Phi) is 4.02. The summed E-state index contributed by atoms with van der Waals surface area (Å²) in [5.41, 5.74) is 2.30. The predicted molar refractivity (Wildman–Crippen MR) is 88.8 cm³/mol. The standard InChI is InChI=1S/C18H14FNOS/c1-12-6-2-5-9-15(12)20-18(21)17-11-10-16(22-17)13-7-3-4-8-14(13)19/h2-11H,1H3,(H,20,21). The van der Waals surface area contributed by atoms with Gasteiger partial charge in [-0.05, 0) is 36.8 Å². The normalized spacial score (nSPS) is 10.5. The van der Waals surface area contributed by atoms with Crippen LogP contribution in [0.5, 0.6) is 0 Å². The molecule has 0 radical (unpaired) electrons. The summed E-state index contributed by atoms with van der Waals surface area (Å²) in [5.74, 6) is -0.461. The molecule has 2 nitrogen and oxygen atoms in total. The van der Waals surface area contributed by atoms with E-state index in [9.17, 15) is 9.18 Å². The number of hydrogen-bond acceptors (Lipinski definition) is 2. The van der Waals surface area contributed by atoms with E-state index in [4.69, 9.17) is 0 Å². The van der Waals surface area contributed by atoms with Crippen molar-refractivity contribution in [3.05, 3.63) is 76.9 Å². The van der Waals surface area contributed by atoms with E-state index in [1.807, 2.05) is 31.2 Å². The Bertz CT molecular complexity index is 825. The van der Waals surface area contributed by atoms with Gasteiger partial charge in [0, 0.05) is 16.1 Å². The maximum atomic E-state index is 13.8. The topological polar surface area (TPSA) is 29.1 Å². The summed E-state index contributed by atoms with van der Waals surface area (Å²) in [6, 6.07) is 17.7. The quantitative estimate of drug-likeness (QED) is 0.715. The first-order valence-electron chi connectivity index (χ1n) is 6.87. The molecular weight excluding hydrogens is 297 g/mol. The smallest absolute Gasteiger partial charge is 0.265 e. The number of hydrogen-bond donors (Lipinski definition) is 1. The van der Waals surface area contributed by atoms with Crippen molar-refractivity contribution in [2.24, 2.45) is 0 Å². The third-order valence-corrected chi connectivity index (χ3v) is 4.48. The van der Waals surface area contributed by atoms with Gasteiger partial charge in [-0.15, -0.1) is 11.3 Å². The molecule has 1 heterocycles. The number of amides is 1. The Morgan fingerprint density at radius 2 is 1.73 bits per heavy atom. The van der Waals surface area contributed by atoms with E-state index in [1.54, 1.807) is 30.3 Å². The molecule has 0 saturated carbocycles. The van der Waals surface area contributed by atoms with Crippen molar-refractivity contribution in [3.63, 3.8) is 0 Å². The van der Waals surface area contributed by atoms with Crippen LogP contribution in [0.25, 0.3) is 10.4 Å². The molecule has 0 spiro atoms. The summed E-state index contributed by atoms with van der Waals surface area (Å²) in [5, 5.41) is 2.88. The summed E-state index contributed by atoms with van der Waals surface area (Å²) < 4.78 is 13.8. The minimum Gasteiger partial charge on any atom is -0.321 e. The molecule has 22 heavy (non-hydrogen) atoms. The van der Waals surface area contributed by atoms with Crippen molar-refractivity contribution in [3.8, 4) is 10.4 Å². The molecule has 110 valence electrons.